The van der Waals surface area contributed by atoms with Crippen LogP contribution in [-0.2, 0) is 0 Å². The topological polar surface area (TPSA) is 32.7 Å². The lowest BCUT2D eigenvalue weighted by molar-refractivity contribution is 0.101. The fraction of sp³-hybridized carbons (Fsp3) is 0.273. The van der Waals surface area contributed by atoms with Gasteiger partial charge >= 0.3 is 0 Å². The van der Waals surface area contributed by atoms with E-state index >= 15 is 0 Å². The molecule has 1 aromatic carbocycles. The minimum atomic E-state index is -0.457. The summed E-state index contributed by atoms with van der Waals surface area (Å²) in [5.74, 6) is -0.645. The summed E-state index contributed by atoms with van der Waals surface area (Å²) in [6, 6.07) is 2.92. The first-order valence-electron chi connectivity index (χ1n) is 4.62. The van der Waals surface area contributed by atoms with Crippen molar-refractivity contribution in [1.29, 1.82) is 0 Å². The lowest BCUT2D eigenvalue weighted by Gasteiger charge is -2.17. The molecule has 0 radical (unpaired) electrons. The lowest BCUT2D eigenvalue weighted by atomic mass is 10.1. The number of aliphatic imine (C=N–C) groups is 1. The summed E-state index contributed by atoms with van der Waals surface area (Å²) in [4.78, 5) is 16.7. The zero-order valence-electron chi connectivity index (χ0n) is 9.29. The summed E-state index contributed by atoms with van der Waals surface area (Å²) >= 11 is 3.16. The molecule has 0 aliphatic rings. The van der Waals surface area contributed by atoms with E-state index in [1.54, 1.807) is 20.2 Å². The molecule has 0 saturated carbocycles. The van der Waals surface area contributed by atoms with Gasteiger partial charge in [-0.1, -0.05) is 15.9 Å². The number of carbonyl (C=O) groups is 1. The van der Waals surface area contributed by atoms with Crippen LogP contribution in [0.5, 0.6) is 0 Å². The smallest absolute Gasteiger partial charge is 0.162 e. The standard InChI is InChI=1S/C11H12BrFN2O/c1-7(16)9-4-8(12)5-10(13)11(9)15(3)6-14-2/h4-6H,1-3H3. The van der Waals surface area contributed by atoms with E-state index < -0.39 is 5.82 Å². The van der Waals surface area contributed by atoms with Gasteiger partial charge in [-0.15, -0.1) is 0 Å². The fourth-order valence-corrected chi connectivity index (χ4v) is 1.85. The van der Waals surface area contributed by atoms with Gasteiger partial charge in [0.1, 0.15) is 5.82 Å². The van der Waals surface area contributed by atoms with Crippen LogP contribution in [0.1, 0.15) is 17.3 Å². The molecule has 0 N–H and O–H groups in total. The molecular weight excluding hydrogens is 275 g/mol. The Kier molecular flexibility index (Phi) is 4.18. The minimum absolute atomic E-state index is 0.188. The summed E-state index contributed by atoms with van der Waals surface area (Å²) in [6.07, 6.45) is 1.46. The summed E-state index contributed by atoms with van der Waals surface area (Å²) < 4.78 is 14.3. The highest BCUT2D eigenvalue weighted by Gasteiger charge is 2.16. The van der Waals surface area contributed by atoms with Crippen molar-refractivity contribution >= 4 is 33.7 Å². The second-order valence-electron chi connectivity index (χ2n) is 3.32. The second-order valence-corrected chi connectivity index (χ2v) is 4.24. The van der Waals surface area contributed by atoms with Crippen molar-refractivity contribution in [3.8, 4) is 0 Å². The average molecular weight is 287 g/mol. The van der Waals surface area contributed by atoms with Crippen LogP contribution in [0.25, 0.3) is 0 Å². The Morgan fingerprint density at radius 1 is 1.56 bits per heavy atom. The van der Waals surface area contributed by atoms with E-state index in [1.807, 2.05) is 0 Å². The van der Waals surface area contributed by atoms with E-state index in [2.05, 4.69) is 20.9 Å². The normalized spacial score (nSPS) is 10.8. The molecule has 16 heavy (non-hydrogen) atoms. The number of rotatable bonds is 3. The Hall–Kier alpha value is -1.23. The van der Waals surface area contributed by atoms with Crippen LogP contribution < -0.4 is 4.90 Å². The SMILES string of the molecule is CN=CN(C)c1c(F)cc(Br)cc1C(C)=O. The van der Waals surface area contributed by atoms with Gasteiger partial charge in [-0.2, -0.15) is 0 Å². The molecule has 0 unspecified atom stereocenters. The van der Waals surface area contributed by atoms with Crippen molar-refractivity contribution in [2.24, 2.45) is 4.99 Å². The zero-order chi connectivity index (χ0) is 12.3. The monoisotopic (exact) mass is 286 g/mol. The van der Waals surface area contributed by atoms with E-state index in [4.69, 9.17) is 0 Å². The number of ketones is 1. The van der Waals surface area contributed by atoms with Crippen molar-refractivity contribution < 1.29 is 9.18 Å². The Balaban J connectivity index is 3.40. The number of anilines is 1. The van der Waals surface area contributed by atoms with Gasteiger partial charge < -0.3 is 4.90 Å². The third kappa shape index (κ3) is 2.66. The average Bonchev–Trinajstić information content (AvgIpc) is 2.16. The molecule has 0 bridgehead atoms. The molecule has 5 heteroatoms. The zero-order valence-corrected chi connectivity index (χ0v) is 10.9. The largest absolute Gasteiger partial charge is 0.333 e. The van der Waals surface area contributed by atoms with E-state index in [9.17, 15) is 9.18 Å². The summed E-state index contributed by atoms with van der Waals surface area (Å²) in [5.41, 5.74) is 0.565. The molecule has 0 aliphatic carbocycles. The summed E-state index contributed by atoms with van der Waals surface area (Å²) in [6.45, 7) is 1.40. The molecule has 3 nitrogen and oxygen atoms in total. The highest BCUT2D eigenvalue weighted by molar-refractivity contribution is 9.10. The van der Waals surface area contributed by atoms with Crippen molar-refractivity contribution in [3.63, 3.8) is 0 Å². The number of hydrogen-bond donors (Lipinski definition) is 0. The predicted molar refractivity (Wildman–Crippen MR) is 66.9 cm³/mol. The van der Waals surface area contributed by atoms with Gasteiger partial charge in [-0.05, 0) is 19.1 Å². The molecule has 86 valence electrons. The predicted octanol–water partition coefficient (Wildman–Crippen LogP) is 2.89. The third-order valence-electron chi connectivity index (χ3n) is 2.05. The third-order valence-corrected chi connectivity index (χ3v) is 2.51. The molecule has 0 aliphatic heterocycles. The van der Waals surface area contributed by atoms with Gasteiger partial charge in [0.15, 0.2) is 5.78 Å². The summed E-state index contributed by atoms with van der Waals surface area (Å²) in [5, 5.41) is 0. The van der Waals surface area contributed by atoms with Crippen LogP contribution in [0.3, 0.4) is 0 Å². The summed E-state index contributed by atoms with van der Waals surface area (Å²) in [7, 11) is 3.23. The number of halogens is 2. The van der Waals surface area contributed by atoms with E-state index in [-0.39, 0.29) is 11.5 Å². The molecule has 0 aromatic heterocycles. The highest BCUT2D eigenvalue weighted by Crippen LogP contribution is 2.27. The number of nitrogens with zero attached hydrogens (tertiary/aromatic N) is 2. The Morgan fingerprint density at radius 2 is 2.19 bits per heavy atom. The number of Topliss-reactive ketones (excluding diaryl/α,β-unsaturated/α-hetero) is 1. The molecule has 1 rings (SSSR count). The van der Waals surface area contributed by atoms with Crippen LogP contribution in [0, 0.1) is 5.82 Å². The van der Waals surface area contributed by atoms with Crippen LogP contribution in [0.4, 0.5) is 10.1 Å². The maximum Gasteiger partial charge on any atom is 0.162 e. The molecule has 0 fully saturated rings. The molecular formula is C11H12BrFN2O. The molecule has 0 atom stereocenters. The van der Waals surface area contributed by atoms with E-state index in [0.29, 0.717) is 10.0 Å². The minimum Gasteiger partial charge on any atom is -0.333 e. The van der Waals surface area contributed by atoms with Crippen molar-refractivity contribution in [3.05, 3.63) is 28.0 Å². The van der Waals surface area contributed by atoms with Crippen LogP contribution in [0.15, 0.2) is 21.6 Å². The highest BCUT2D eigenvalue weighted by atomic mass is 79.9. The first-order chi connectivity index (χ1) is 7.47. The van der Waals surface area contributed by atoms with Gasteiger partial charge in [0, 0.05) is 24.1 Å². The first kappa shape index (κ1) is 12.8. The van der Waals surface area contributed by atoms with E-state index in [1.165, 1.54) is 24.2 Å². The van der Waals surface area contributed by atoms with Crippen LogP contribution >= 0.6 is 15.9 Å². The first-order valence-corrected chi connectivity index (χ1v) is 5.41. The van der Waals surface area contributed by atoms with Gasteiger partial charge in [-0.25, -0.2) is 4.39 Å². The number of benzene rings is 1. The molecule has 0 saturated heterocycles. The molecule has 1 aromatic rings. The maximum atomic E-state index is 13.8. The molecule has 0 spiro atoms. The van der Waals surface area contributed by atoms with E-state index in [0.717, 1.165) is 0 Å². The van der Waals surface area contributed by atoms with Gasteiger partial charge in [0.25, 0.3) is 0 Å². The van der Waals surface area contributed by atoms with Crippen molar-refractivity contribution in [1.82, 2.24) is 0 Å². The van der Waals surface area contributed by atoms with Gasteiger partial charge in [0.05, 0.1) is 12.0 Å². The van der Waals surface area contributed by atoms with Crippen molar-refractivity contribution in [2.75, 3.05) is 19.0 Å². The lowest BCUT2D eigenvalue weighted by Crippen LogP contribution is -2.19. The quantitative estimate of drug-likeness (QED) is 0.486. The molecule has 0 amide bonds. The van der Waals surface area contributed by atoms with Crippen LogP contribution in [0.2, 0.25) is 0 Å². The van der Waals surface area contributed by atoms with Gasteiger partial charge in [-0.3, -0.25) is 9.79 Å². The number of hydrogen-bond acceptors (Lipinski definition) is 2. The Bertz CT molecular complexity index is 446. The maximum absolute atomic E-state index is 13.8. The molecule has 0 heterocycles. The Morgan fingerprint density at radius 3 is 2.69 bits per heavy atom. The second kappa shape index (κ2) is 5.21. The van der Waals surface area contributed by atoms with Crippen LogP contribution in [-0.4, -0.2) is 26.2 Å². The fourth-order valence-electron chi connectivity index (χ4n) is 1.42. The Labute approximate surface area is 102 Å². The van der Waals surface area contributed by atoms with Gasteiger partial charge in [0.2, 0.25) is 0 Å². The number of carbonyl (C=O) groups excluding carboxylic acids is 1. The van der Waals surface area contributed by atoms with Crippen molar-refractivity contribution in [2.45, 2.75) is 6.92 Å².